The summed E-state index contributed by atoms with van der Waals surface area (Å²) in [6.45, 7) is 4.02. The van der Waals surface area contributed by atoms with Crippen LogP contribution >= 0.6 is 11.3 Å². The van der Waals surface area contributed by atoms with E-state index in [1.165, 1.54) is 11.3 Å². The molecule has 0 aliphatic heterocycles. The van der Waals surface area contributed by atoms with Gasteiger partial charge in [0.05, 0.1) is 17.3 Å². The molecule has 0 atom stereocenters. The third kappa shape index (κ3) is 2.50. The molecule has 17 heavy (non-hydrogen) atoms. The molecule has 0 aromatic carbocycles. The molecule has 0 N–H and O–H groups in total. The standard InChI is InChI=1S/C12H12N2O2S/c1-3-16-12(15)11-10(14-8(2)17-11)9-5-4-6-13-7-9/h4-7H,3H2,1-2H3. The summed E-state index contributed by atoms with van der Waals surface area (Å²) in [7, 11) is 0. The number of esters is 1. The Bertz CT molecular complexity index is 523. The van der Waals surface area contributed by atoms with Crippen LogP contribution in [-0.4, -0.2) is 22.5 Å². The van der Waals surface area contributed by atoms with Gasteiger partial charge in [-0.3, -0.25) is 4.98 Å². The molecule has 0 aliphatic rings. The maximum atomic E-state index is 11.8. The number of hydrogen-bond acceptors (Lipinski definition) is 5. The first-order valence-corrected chi connectivity index (χ1v) is 6.09. The molecule has 2 rings (SSSR count). The Morgan fingerprint density at radius 3 is 3.00 bits per heavy atom. The first kappa shape index (κ1) is 11.7. The van der Waals surface area contributed by atoms with Crippen LogP contribution < -0.4 is 0 Å². The molecule has 2 aromatic heterocycles. The highest BCUT2D eigenvalue weighted by atomic mass is 32.1. The molecule has 0 radical (unpaired) electrons. The van der Waals surface area contributed by atoms with E-state index >= 15 is 0 Å². The number of pyridine rings is 1. The number of hydrogen-bond donors (Lipinski definition) is 0. The number of thiazole rings is 1. The van der Waals surface area contributed by atoms with Gasteiger partial charge in [-0.25, -0.2) is 9.78 Å². The summed E-state index contributed by atoms with van der Waals surface area (Å²) in [5.41, 5.74) is 1.49. The molecule has 0 aliphatic carbocycles. The third-order valence-electron chi connectivity index (χ3n) is 2.13. The molecule has 0 saturated heterocycles. The molecule has 0 bridgehead atoms. The molecular weight excluding hydrogens is 236 g/mol. The summed E-state index contributed by atoms with van der Waals surface area (Å²) in [5, 5.41) is 0.840. The zero-order valence-electron chi connectivity index (χ0n) is 9.64. The molecule has 0 saturated carbocycles. The average Bonchev–Trinajstić information content (AvgIpc) is 2.73. The lowest BCUT2D eigenvalue weighted by molar-refractivity contribution is 0.0532. The van der Waals surface area contributed by atoms with E-state index < -0.39 is 0 Å². The van der Waals surface area contributed by atoms with Crippen molar-refractivity contribution in [3.8, 4) is 11.3 Å². The van der Waals surface area contributed by atoms with Crippen molar-refractivity contribution in [2.45, 2.75) is 13.8 Å². The normalized spacial score (nSPS) is 10.2. The van der Waals surface area contributed by atoms with Crippen molar-refractivity contribution < 1.29 is 9.53 Å². The van der Waals surface area contributed by atoms with Crippen LogP contribution in [0.5, 0.6) is 0 Å². The van der Waals surface area contributed by atoms with E-state index in [4.69, 9.17) is 4.74 Å². The SMILES string of the molecule is CCOC(=O)c1sc(C)nc1-c1cccnc1. The van der Waals surface area contributed by atoms with Crippen molar-refractivity contribution in [1.82, 2.24) is 9.97 Å². The molecule has 4 nitrogen and oxygen atoms in total. The fraction of sp³-hybridized carbons (Fsp3) is 0.250. The molecule has 0 fully saturated rings. The fourth-order valence-electron chi connectivity index (χ4n) is 1.46. The highest BCUT2D eigenvalue weighted by molar-refractivity contribution is 7.14. The van der Waals surface area contributed by atoms with Gasteiger partial charge < -0.3 is 4.74 Å². The number of ether oxygens (including phenoxy) is 1. The van der Waals surface area contributed by atoms with Gasteiger partial charge in [0.1, 0.15) is 4.88 Å². The highest BCUT2D eigenvalue weighted by Crippen LogP contribution is 2.27. The number of carbonyl (C=O) groups is 1. The van der Waals surface area contributed by atoms with E-state index in [0.29, 0.717) is 17.2 Å². The van der Waals surface area contributed by atoms with E-state index in [1.54, 1.807) is 19.3 Å². The number of rotatable bonds is 3. The van der Waals surface area contributed by atoms with Crippen molar-refractivity contribution in [2.24, 2.45) is 0 Å². The average molecular weight is 248 g/mol. The first-order chi connectivity index (χ1) is 8.22. The van der Waals surface area contributed by atoms with Crippen LogP contribution in [0.3, 0.4) is 0 Å². The van der Waals surface area contributed by atoms with Gasteiger partial charge in [0.2, 0.25) is 0 Å². The zero-order valence-corrected chi connectivity index (χ0v) is 10.5. The van der Waals surface area contributed by atoms with Crippen molar-refractivity contribution in [1.29, 1.82) is 0 Å². The molecule has 0 spiro atoms. The maximum absolute atomic E-state index is 11.8. The van der Waals surface area contributed by atoms with Gasteiger partial charge in [0, 0.05) is 18.0 Å². The van der Waals surface area contributed by atoms with Gasteiger partial charge >= 0.3 is 5.97 Å². The van der Waals surface area contributed by atoms with E-state index in [1.807, 2.05) is 19.1 Å². The third-order valence-corrected chi connectivity index (χ3v) is 3.08. The van der Waals surface area contributed by atoms with Crippen molar-refractivity contribution in [3.63, 3.8) is 0 Å². The molecule has 2 aromatic rings. The topological polar surface area (TPSA) is 52.1 Å². The van der Waals surface area contributed by atoms with E-state index in [9.17, 15) is 4.79 Å². The maximum Gasteiger partial charge on any atom is 0.350 e. The van der Waals surface area contributed by atoms with Gasteiger partial charge in [0.25, 0.3) is 0 Å². The quantitative estimate of drug-likeness (QED) is 0.784. The largest absolute Gasteiger partial charge is 0.462 e. The fourth-order valence-corrected chi connectivity index (χ4v) is 2.30. The number of carbonyl (C=O) groups excluding carboxylic acids is 1. The lowest BCUT2D eigenvalue weighted by Crippen LogP contribution is -2.03. The summed E-state index contributed by atoms with van der Waals surface area (Å²) < 4.78 is 5.01. The van der Waals surface area contributed by atoms with Crippen molar-refractivity contribution >= 4 is 17.3 Å². The van der Waals surface area contributed by atoms with E-state index in [0.717, 1.165) is 10.6 Å². The minimum atomic E-state index is -0.322. The molecule has 0 unspecified atom stereocenters. The van der Waals surface area contributed by atoms with Gasteiger partial charge in [-0.15, -0.1) is 11.3 Å². The Morgan fingerprint density at radius 1 is 1.53 bits per heavy atom. The van der Waals surface area contributed by atoms with Crippen molar-refractivity contribution in [2.75, 3.05) is 6.61 Å². The number of nitrogens with zero attached hydrogens (tertiary/aromatic N) is 2. The number of aromatic nitrogens is 2. The van der Waals surface area contributed by atoms with Crippen LogP contribution in [0.15, 0.2) is 24.5 Å². The Morgan fingerprint density at radius 2 is 2.35 bits per heavy atom. The Kier molecular flexibility index (Phi) is 3.49. The van der Waals surface area contributed by atoms with Gasteiger partial charge in [-0.2, -0.15) is 0 Å². The second kappa shape index (κ2) is 5.05. The van der Waals surface area contributed by atoms with Gasteiger partial charge in [-0.1, -0.05) is 0 Å². The summed E-state index contributed by atoms with van der Waals surface area (Å²) in [4.78, 5) is 20.7. The van der Waals surface area contributed by atoms with Crippen LogP contribution in [0.4, 0.5) is 0 Å². The van der Waals surface area contributed by atoms with Crippen LogP contribution in [-0.2, 0) is 4.74 Å². The minimum absolute atomic E-state index is 0.322. The second-order valence-corrected chi connectivity index (χ2v) is 4.58. The van der Waals surface area contributed by atoms with Gasteiger partial charge in [-0.05, 0) is 26.0 Å². The van der Waals surface area contributed by atoms with Crippen LogP contribution in [0, 0.1) is 6.92 Å². The van der Waals surface area contributed by atoms with Gasteiger partial charge in [0.15, 0.2) is 0 Å². The van der Waals surface area contributed by atoms with Crippen LogP contribution in [0.2, 0.25) is 0 Å². The lowest BCUT2D eigenvalue weighted by atomic mass is 10.2. The molecule has 5 heteroatoms. The number of aryl methyl sites for hydroxylation is 1. The van der Waals surface area contributed by atoms with Crippen LogP contribution in [0.1, 0.15) is 21.6 Å². The molecule has 88 valence electrons. The smallest absolute Gasteiger partial charge is 0.350 e. The summed E-state index contributed by atoms with van der Waals surface area (Å²) in [6.07, 6.45) is 3.38. The van der Waals surface area contributed by atoms with E-state index in [-0.39, 0.29) is 5.97 Å². The van der Waals surface area contributed by atoms with E-state index in [2.05, 4.69) is 9.97 Å². The summed E-state index contributed by atoms with van der Waals surface area (Å²) in [6, 6.07) is 3.70. The second-order valence-electron chi connectivity index (χ2n) is 3.37. The Balaban J connectivity index is 2.44. The lowest BCUT2D eigenvalue weighted by Gasteiger charge is -2.01. The predicted molar refractivity (Wildman–Crippen MR) is 66.0 cm³/mol. The first-order valence-electron chi connectivity index (χ1n) is 5.27. The zero-order chi connectivity index (χ0) is 12.3. The highest BCUT2D eigenvalue weighted by Gasteiger charge is 2.19. The van der Waals surface area contributed by atoms with Crippen LogP contribution in [0.25, 0.3) is 11.3 Å². The molecular formula is C12H12N2O2S. The predicted octanol–water partition coefficient (Wildman–Crippen LogP) is 2.69. The molecule has 0 amide bonds. The van der Waals surface area contributed by atoms with Crippen molar-refractivity contribution in [3.05, 3.63) is 34.4 Å². The summed E-state index contributed by atoms with van der Waals surface area (Å²) >= 11 is 1.34. The Labute approximate surface area is 103 Å². The Hall–Kier alpha value is -1.75. The summed E-state index contributed by atoms with van der Waals surface area (Å²) in [5.74, 6) is -0.322. The molecule has 2 heterocycles. The minimum Gasteiger partial charge on any atom is -0.462 e. The monoisotopic (exact) mass is 248 g/mol.